The van der Waals surface area contributed by atoms with Gasteiger partial charge in [0.05, 0.1) is 13.7 Å². The van der Waals surface area contributed by atoms with Crippen molar-refractivity contribution in [3.8, 4) is 33.6 Å². The molecule has 5 aromatic carbocycles. The van der Waals surface area contributed by atoms with Crippen molar-refractivity contribution in [1.29, 1.82) is 0 Å². The molecule has 8 aromatic rings. The molecular weight excluding hydrogens is 853 g/mol. The quantitative estimate of drug-likeness (QED) is 0.118. The second-order valence-electron chi connectivity index (χ2n) is 15.5. The van der Waals surface area contributed by atoms with Gasteiger partial charge in [-0.2, -0.15) is 0 Å². The monoisotopic (exact) mass is 899 g/mol. The molecule has 5 heteroatoms. The summed E-state index contributed by atoms with van der Waals surface area (Å²) in [5.74, 6) is 0.501. The summed E-state index contributed by atoms with van der Waals surface area (Å²) in [6.45, 7) is 16.2. The van der Waals surface area contributed by atoms with Crippen LogP contribution in [0, 0.1) is 12.1 Å². The van der Waals surface area contributed by atoms with E-state index in [0.717, 1.165) is 44.5 Å². The molecule has 0 saturated heterocycles. The van der Waals surface area contributed by atoms with E-state index in [-0.39, 0.29) is 25.5 Å². The largest absolute Gasteiger partial charge is 0.501 e. The summed E-state index contributed by atoms with van der Waals surface area (Å²) >= 11 is 0. The zero-order chi connectivity index (χ0) is 37.2. The van der Waals surface area contributed by atoms with Gasteiger partial charge in [-0.3, -0.25) is 0 Å². The van der Waals surface area contributed by atoms with Crippen molar-refractivity contribution < 1.29 is 24.5 Å². The van der Waals surface area contributed by atoms with Crippen molar-refractivity contribution in [1.82, 2.24) is 9.97 Å². The number of hydrogen-bond acceptors (Lipinski definition) is 3. The Labute approximate surface area is 334 Å². The van der Waals surface area contributed by atoms with E-state index in [1.165, 1.54) is 33.0 Å². The number of fused-ring (bicyclic) bond motifs is 3. The van der Waals surface area contributed by atoms with E-state index in [2.05, 4.69) is 168 Å². The van der Waals surface area contributed by atoms with Crippen LogP contribution in [0.4, 0.5) is 0 Å². The van der Waals surface area contributed by atoms with E-state index >= 15 is 0 Å². The Morgan fingerprint density at radius 3 is 2.04 bits per heavy atom. The van der Waals surface area contributed by atoms with E-state index in [1.807, 2.05) is 36.4 Å². The fourth-order valence-corrected chi connectivity index (χ4v) is 8.68. The van der Waals surface area contributed by atoms with Gasteiger partial charge in [-0.05, 0) is 57.4 Å². The fourth-order valence-electron chi connectivity index (χ4n) is 7.00. The third-order valence-electron chi connectivity index (χ3n) is 10.1. The molecule has 0 fully saturated rings. The number of rotatable bonds is 7. The van der Waals surface area contributed by atoms with Crippen molar-refractivity contribution in [3.05, 3.63) is 175 Å². The van der Waals surface area contributed by atoms with E-state index in [0.29, 0.717) is 5.92 Å². The van der Waals surface area contributed by atoms with Gasteiger partial charge in [-0.25, -0.2) is 0 Å². The molecule has 54 heavy (non-hydrogen) atoms. The second kappa shape index (κ2) is 16.2. The summed E-state index contributed by atoms with van der Waals surface area (Å²) in [5, 5.41) is 3.69. The van der Waals surface area contributed by atoms with Gasteiger partial charge in [0.1, 0.15) is 5.58 Å². The Kier molecular flexibility index (Phi) is 11.6. The van der Waals surface area contributed by atoms with Gasteiger partial charge in [0, 0.05) is 43.3 Å². The van der Waals surface area contributed by atoms with Gasteiger partial charge in [-0.15, -0.1) is 53.6 Å². The molecule has 0 amide bonds. The summed E-state index contributed by atoms with van der Waals surface area (Å²) in [6.07, 6.45) is 3.91. The number of hydrogen-bond donors (Lipinski definition) is 0. The Morgan fingerprint density at radius 2 is 1.35 bits per heavy atom. The molecule has 3 nitrogen and oxygen atoms in total. The maximum Gasteiger partial charge on any atom is 0.120 e. The van der Waals surface area contributed by atoms with E-state index in [9.17, 15) is 0 Å². The molecule has 0 unspecified atom stereocenters. The summed E-state index contributed by atoms with van der Waals surface area (Å²) in [7, 11) is -1.40. The van der Waals surface area contributed by atoms with Crippen LogP contribution in [0.2, 0.25) is 19.6 Å². The molecule has 0 spiro atoms. The summed E-state index contributed by atoms with van der Waals surface area (Å²) in [5.41, 5.74) is 11.9. The molecule has 3 heterocycles. The number of furan rings is 1. The van der Waals surface area contributed by atoms with Gasteiger partial charge in [0.2, 0.25) is 0 Å². The first-order chi connectivity index (χ1) is 25.5. The molecule has 0 saturated carbocycles. The van der Waals surface area contributed by atoms with Crippen LogP contribution < -0.4 is 5.19 Å². The number of aromatic nitrogens is 2. The van der Waals surface area contributed by atoms with Gasteiger partial charge in [-0.1, -0.05) is 149 Å². The minimum absolute atomic E-state index is 0. The standard InChI is InChI=1S/C26H20NO.C23H26NSi.Ir/c1-26(2,18-9-4-3-5-10-18)19-14-15-24-22(17-19)20-11-8-12-21(25(20)28-24)23-13-6-7-16-27-23;1-17(2)21-15-22(24-16-23(21)25(3,4)5)20-13-9-12-19(14-20)18-10-7-6-8-11-18;/h3-11,13-17H,1-2H3;6-12,14-17H,1-5H3;/q2*-1;. The molecule has 0 aliphatic rings. The number of pyridine rings is 2. The van der Waals surface area contributed by atoms with Crippen molar-refractivity contribution in [2.75, 3.05) is 0 Å². The number of benzene rings is 5. The first kappa shape index (κ1) is 38.8. The Bertz CT molecular complexity index is 2480. The predicted octanol–water partition coefficient (Wildman–Crippen LogP) is 12.7. The summed E-state index contributed by atoms with van der Waals surface area (Å²) in [6, 6.07) is 52.8. The van der Waals surface area contributed by atoms with Crippen LogP contribution in [-0.2, 0) is 25.5 Å². The molecule has 0 aliphatic heterocycles. The second-order valence-corrected chi connectivity index (χ2v) is 20.6. The Balaban J connectivity index is 0.000000182. The van der Waals surface area contributed by atoms with Crippen LogP contribution >= 0.6 is 0 Å². The number of nitrogens with zero attached hydrogens (tertiary/aromatic N) is 2. The summed E-state index contributed by atoms with van der Waals surface area (Å²) < 4.78 is 6.24. The minimum atomic E-state index is -1.40. The van der Waals surface area contributed by atoms with Gasteiger partial charge >= 0.3 is 0 Å². The van der Waals surface area contributed by atoms with E-state index in [1.54, 1.807) is 6.20 Å². The van der Waals surface area contributed by atoms with Crippen LogP contribution in [0.3, 0.4) is 0 Å². The summed E-state index contributed by atoms with van der Waals surface area (Å²) in [4.78, 5) is 9.27. The third-order valence-corrected chi connectivity index (χ3v) is 12.2. The van der Waals surface area contributed by atoms with Crippen LogP contribution in [0.15, 0.2) is 150 Å². The average Bonchev–Trinajstić information content (AvgIpc) is 3.57. The zero-order valence-corrected chi connectivity index (χ0v) is 35.5. The SMILES string of the molecule is CC(C)(c1ccccc1)c1ccc2oc3c(-c4ccccn4)[c-]ccc3c2c1.CC(C)c1cc(-c2[c-]ccc(-c3ccccc3)c2)ncc1[Si](C)(C)C.[Ir]. The molecular formula is C49H46IrN2OSi-2. The third kappa shape index (κ3) is 8.10. The predicted molar refractivity (Wildman–Crippen MR) is 225 cm³/mol. The Morgan fingerprint density at radius 1 is 0.648 bits per heavy atom. The van der Waals surface area contributed by atoms with E-state index in [4.69, 9.17) is 9.40 Å². The van der Waals surface area contributed by atoms with Crippen LogP contribution in [-0.4, -0.2) is 18.0 Å². The molecule has 1 radical (unpaired) electrons. The van der Waals surface area contributed by atoms with E-state index < -0.39 is 8.07 Å². The van der Waals surface area contributed by atoms with Crippen molar-refractivity contribution in [2.45, 2.75) is 58.7 Å². The van der Waals surface area contributed by atoms with Crippen molar-refractivity contribution >= 4 is 35.2 Å². The van der Waals surface area contributed by atoms with Crippen molar-refractivity contribution in [2.24, 2.45) is 0 Å². The van der Waals surface area contributed by atoms with Gasteiger partial charge in [0.25, 0.3) is 0 Å². The molecule has 0 atom stereocenters. The average molecular weight is 899 g/mol. The van der Waals surface area contributed by atoms with Gasteiger partial charge in [0.15, 0.2) is 0 Å². The maximum atomic E-state index is 6.24. The Hall–Kier alpha value is -4.93. The van der Waals surface area contributed by atoms with Crippen LogP contribution in [0.5, 0.6) is 0 Å². The molecule has 0 aliphatic carbocycles. The van der Waals surface area contributed by atoms with Crippen LogP contribution in [0.1, 0.15) is 50.3 Å². The smallest absolute Gasteiger partial charge is 0.120 e. The topological polar surface area (TPSA) is 38.9 Å². The van der Waals surface area contributed by atoms with Crippen LogP contribution in [0.25, 0.3) is 55.6 Å². The zero-order valence-electron chi connectivity index (χ0n) is 32.1. The normalized spacial score (nSPS) is 11.6. The molecule has 8 rings (SSSR count). The van der Waals surface area contributed by atoms with Crippen molar-refractivity contribution in [3.63, 3.8) is 0 Å². The van der Waals surface area contributed by atoms with Gasteiger partial charge < -0.3 is 14.4 Å². The molecule has 0 bridgehead atoms. The molecule has 273 valence electrons. The first-order valence-corrected chi connectivity index (χ1v) is 21.9. The maximum absolute atomic E-state index is 6.24. The first-order valence-electron chi connectivity index (χ1n) is 18.4. The molecule has 0 N–H and O–H groups in total. The molecule has 3 aromatic heterocycles. The minimum Gasteiger partial charge on any atom is -0.501 e. The fraction of sp³-hybridized carbons (Fsp3) is 0.184.